The van der Waals surface area contributed by atoms with Crippen molar-refractivity contribution < 1.29 is 33.2 Å². The van der Waals surface area contributed by atoms with Gasteiger partial charge in [0.05, 0.1) is 10.9 Å². The predicted molar refractivity (Wildman–Crippen MR) is 37.0 cm³/mol. The van der Waals surface area contributed by atoms with Crippen molar-refractivity contribution in [2.75, 3.05) is 0 Å². The zero-order chi connectivity index (χ0) is 7.40. The van der Waals surface area contributed by atoms with E-state index in [2.05, 4.69) is 6.58 Å². The molecule has 3 heteroatoms. The maximum Gasteiger partial charge on any atom is 0.234 e. The van der Waals surface area contributed by atoms with Gasteiger partial charge in [-0.25, -0.2) is 0 Å². The van der Waals surface area contributed by atoms with Gasteiger partial charge in [-0.05, 0) is 6.07 Å². The third-order valence-corrected chi connectivity index (χ3v) is 1.24. The number of rotatable bonds is 2. The number of hydrogen-bond acceptors (Lipinski definition) is 0. The van der Waals surface area contributed by atoms with Crippen molar-refractivity contribution >= 4 is 0 Å². The Kier molecular flexibility index (Phi) is 5.02. The molecule has 0 aliphatic rings. The van der Waals surface area contributed by atoms with E-state index < -0.39 is 0 Å². The Bertz CT molecular complexity index is 237. The van der Waals surface area contributed by atoms with Crippen LogP contribution in [-0.4, -0.2) is 0 Å². The lowest BCUT2D eigenvalue weighted by molar-refractivity contribution is -0.849. The molecule has 0 aromatic carbocycles. The maximum atomic E-state index is 12.6. The van der Waals surface area contributed by atoms with Crippen LogP contribution in [0.1, 0.15) is 5.69 Å². The van der Waals surface area contributed by atoms with Gasteiger partial charge in [-0.1, -0.05) is 6.08 Å². The first kappa shape index (κ1) is 10.6. The van der Waals surface area contributed by atoms with Crippen LogP contribution in [0.4, 0.5) is 4.48 Å². The molecule has 0 amide bonds. The van der Waals surface area contributed by atoms with Crippen LogP contribution in [0, 0.1) is 0 Å². The first-order valence-electron chi connectivity index (χ1n) is 3.11. The van der Waals surface area contributed by atoms with Crippen molar-refractivity contribution in [2.24, 2.45) is 0 Å². The smallest absolute Gasteiger partial charge is 0.234 e. The summed E-state index contributed by atoms with van der Waals surface area (Å²) in [7, 11) is 0. The van der Waals surface area contributed by atoms with Gasteiger partial charge in [0.15, 0.2) is 0 Å². The van der Waals surface area contributed by atoms with Crippen molar-refractivity contribution in [1.82, 2.24) is 0 Å². The molecule has 0 N–H and O–H groups in total. The van der Waals surface area contributed by atoms with Crippen LogP contribution < -0.4 is 28.8 Å². The second kappa shape index (κ2) is 5.23. The third-order valence-electron chi connectivity index (χ3n) is 1.24. The lowest BCUT2D eigenvalue weighted by Gasteiger charge is -1.86. The fourth-order valence-corrected chi connectivity index (χ4v) is 0.762. The van der Waals surface area contributed by atoms with Crippen LogP contribution in [-0.2, 0) is 6.42 Å². The lowest BCUT2D eigenvalue weighted by Crippen LogP contribution is -3.00. The highest BCUT2D eigenvalue weighted by Crippen LogP contribution is 1.92. The Morgan fingerprint density at radius 1 is 1.55 bits per heavy atom. The molecular weight excluding hydrogens is 256 g/mol. The quantitative estimate of drug-likeness (QED) is 0.450. The van der Waals surface area contributed by atoms with E-state index in [-0.39, 0.29) is 24.0 Å². The van der Waals surface area contributed by atoms with Gasteiger partial charge < -0.3 is 24.0 Å². The average Bonchev–Trinajstić information content (AvgIpc) is 1.94. The molecule has 0 bridgehead atoms. The lowest BCUT2D eigenvalue weighted by atomic mass is 10.3. The number of aromatic nitrogens is 1. The van der Waals surface area contributed by atoms with Crippen molar-refractivity contribution in [3.05, 3.63) is 42.7 Å². The summed E-state index contributed by atoms with van der Waals surface area (Å²) in [6.45, 7) is 3.52. The molecule has 0 atom stereocenters. The molecule has 1 aromatic heterocycles. The normalized spacial score (nSPS) is 8.45. The van der Waals surface area contributed by atoms with Crippen LogP contribution in [0.25, 0.3) is 0 Å². The molecule has 60 valence electrons. The van der Waals surface area contributed by atoms with E-state index in [0.717, 1.165) is 0 Å². The average molecular weight is 265 g/mol. The molecule has 0 saturated heterocycles. The van der Waals surface area contributed by atoms with Gasteiger partial charge in [-0.3, -0.25) is 0 Å². The molecule has 0 spiro atoms. The molecule has 0 radical (unpaired) electrons. The third kappa shape index (κ3) is 2.96. The number of halogens is 2. The Hall–Kier alpha value is -0.450. The van der Waals surface area contributed by atoms with Crippen molar-refractivity contribution in [3.63, 3.8) is 0 Å². The van der Waals surface area contributed by atoms with E-state index in [1.807, 2.05) is 0 Å². The minimum absolute atomic E-state index is 0. The van der Waals surface area contributed by atoms with Crippen LogP contribution in [0.2, 0.25) is 0 Å². The van der Waals surface area contributed by atoms with Crippen molar-refractivity contribution in [1.29, 1.82) is 0 Å². The van der Waals surface area contributed by atoms with Crippen LogP contribution in [0.15, 0.2) is 37.1 Å². The van der Waals surface area contributed by atoms with E-state index in [1.54, 1.807) is 24.3 Å². The standard InChI is InChI=1S/C8H9FN.HI/c1-2-5-8-6-3-4-7-10(8)9;/h2-4,6-7H,1,5H2;1H/q+1;/p-1. The van der Waals surface area contributed by atoms with E-state index in [1.165, 1.54) is 6.20 Å². The highest BCUT2D eigenvalue weighted by molar-refractivity contribution is 5.00. The first-order chi connectivity index (χ1) is 4.84. The topological polar surface area (TPSA) is 3.88 Å². The number of allylic oxidation sites excluding steroid dienone is 1. The van der Waals surface area contributed by atoms with Gasteiger partial charge >= 0.3 is 0 Å². The van der Waals surface area contributed by atoms with Gasteiger partial charge in [-0.15, -0.1) is 6.58 Å². The van der Waals surface area contributed by atoms with E-state index in [0.29, 0.717) is 16.9 Å². The Morgan fingerprint density at radius 2 is 2.27 bits per heavy atom. The van der Waals surface area contributed by atoms with Gasteiger partial charge in [0.1, 0.15) is 0 Å². The molecule has 11 heavy (non-hydrogen) atoms. The second-order valence-electron chi connectivity index (χ2n) is 2.00. The van der Waals surface area contributed by atoms with Gasteiger partial charge in [0.25, 0.3) is 0 Å². The van der Waals surface area contributed by atoms with Gasteiger partial charge in [0, 0.05) is 16.9 Å². The molecule has 0 aliphatic carbocycles. The van der Waals surface area contributed by atoms with Crippen LogP contribution in [0.5, 0.6) is 0 Å². The van der Waals surface area contributed by atoms with E-state index >= 15 is 0 Å². The van der Waals surface area contributed by atoms with Crippen molar-refractivity contribution in [3.8, 4) is 0 Å². The fourth-order valence-electron chi connectivity index (χ4n) is 0.762. The zero-order valence-electron chi connectivity index (χ0n) is 6.00. The van der Waals surface area contributed by atoms with Gasteiger partial charge in [0.2, 0.25) is 11.9 Å². The summed E-state index contributed by atoms with van der Waals surface area (Å²) in [5, 5.41) is 0. The molecule has 1 nitrogen and oxygen atoms in total. The molecular formula is C8H9FIN. The Labute approximate surface area is 82.5 Å². The molecule has 1 aromatic rings. The van der Waals surface area contributed by atoms with Gasteiger partial charge in [-0.2, -0.15) is 0 Å². The molecule has 0 aliphatic heterocycles. The molecule has 0 unspecified atom stereocenters. The monoisotopic (exact) mass is 265 g/mol. The summed E-state index contributed by atoms with van der Waals surface area (Å²) in [5.41, 5.74) is 0.623. The summed E-state index contributed by atoms with van der Waals surface area (Å²) in [6, 6.07) is 5.17. The molecule has 1 rings (SSSR count). The van der Waals surface area contributed by atoms with E-state index in [4.69, 9.17) is 0 Å². The maximum absolute atomic E-state index is 12.6. The molecule has 0 saturated carbocycles. The number of pyridine rings is 1. The summed E-state index contributed by atoms with van der Waals surface area (Å²) in [4.78, 5) is 0.599. The Balaban J connectivity index is 0.000001000. The van der Waals surface area contributed by atoms with Crippen molar-refractivity contribution in [2.45, 2.75) is 6.42 Å². The fraction of sp³-hybridized carbons (Fsp3) is 0.125. The first-order valence-corrected chi connectivity index (χ1v) is 3.11. The molecule has 1 heterocycles. The second-order valence-corrected chi connectivity index (χ2v) is 2.00. The summed E-state index contributed by atoms with van der Waals surface area (Å²) >= 11 is 0. The molecule has 0 fully saturated rings. The zero-order valence-corrected chi connectivity index (χ0v) is 8.16. The van der Waals surface area contributed by atoms with Crippen LogP contribution >= 0.6 is 0 Å². The number of hydrogen-bond donors (Lipinski definition) is 0. The summed E-state index contributed by atoms with van der Waals surface area (Å²) in [6.07, 6.45) is 3.61. The predicted octanol–water partition coefficient (Wildman–Crippen LogP) is -1.56. The van der Waals surface area contributed by atoms with Crippen LogP contribution in [0.3, 0.4) is 0 Å². The van der Waals surface area contributed by atoms with E-state index in [9.17, 15) is 4.48 Å². The number of nitrogens with zero attached hydrogens (tertiary/aromatic N) is 1. The Morgan fingerprint density at radius 3 is 2.82 bits per heavy atom. The largest absolute Gasteiger partial charge is 1.00 e. The summed E-state index contributed by atoms with van der Waals surface area (Å²) in [5.74, 6) is 0. The highest BCUT2D eigenvalue weighted by Gasteiger charge is 2.05. The minimum Gasteiger partial charge on any atom is -1.00 e. The highest BCUT2D eigenvalue weighted by atomic mass is 127. The SMILES string of the molecule is C=CCc1cccc[n+]1F.[I-]. The summed E-state index contributed by atoms with van der Waals surface area (Å²) < 4.78 is 12.6. The minimum atomic E-state index is 0.